The molecule has 3 heteroatoms. The van der Waals surface area contributed by atoms with Gasteiger partial charge in [0, 0.05) is 6.54 Å². The second-order valence-corrected chi connectivity index (χ2v) is 4.23. The SMILES string of the molecule is OC(CF)CN1CCCCCCCC1. The molecule has 14 heavy (non-hydrogen) atoms. The van der Waals surface area contributed by atoms with Gasteiger partial charge in [-0.3, -0.25) is 0 Å². The first-order valence-electron chi connectivity index (χ1n) is 5.79. The summed E-state index contributed by atoms with van der Waals surface area (Å²) in [7, 11) is 0. The van der Waals surface area contributed by atoms with Gasteiger partial charge in [0.05, 0.1) is 6.10 Å². The lowest BCUT2D eigenvalue weighted by Crippen LogP contribution is -2.34. The molecule has 1 heterocycles. The first kappa shape index (κ1) is 11.9. The van der Waals surface area contributed by atoms with Crippen molar-refractivity contribution in [2.75, 3.05) is 26.3 Å². The highest BCUT2D eigenvalue weighted by Gasteiger charge is 2.11. The number of aliphatic hydroxyl groups excluding tert-OH is 1. The van der Waals surface area contributed by atoms with Gasteiger partial charge in [-0.2, -0.15) is 0 Å². The van der Waals surface area contributed by atoms with Crippen LogP contribution in [0.1, 0.15) is 38.5 Å². The van der Waals surface area contributed by atoms with Gasteiger partial charge in [-0.1, -0.05) is 25.7 Å². The molecular weight excluding hydrogens is 181 g/mol. The molecule has 2 nitrogen and oxygen atoms in total. The molecule has 1 atom stereocenters. The second kappa shape index (κ2) is 7.18. The van der Waals surface area contributed by atoms with E-state index in [2.05, 4.69) is 4.90 Å². The van der Waals surface area contributed by atoms with Crippen molar-refractivity contribution in [3.05, 3.63) is 0 Å². The van der Waals surface area contributed by atoms with Crippen LogP contribution in [0, 0.1) is 0 Å². The van der Waals surface area contributed by atoms with E-state index in [1.165, 1.54) is 38.5 Å². The van der Waals surface area contributed by atoms with Crippen molar-refractivity contribution in [1.29, 1.82) is 0 Å². The first-order valence-corrected chi connectivity index (χ1v) is 5.79. The fourth-order valence-corrected chi connectivity index (χ4v) is 2.02. The van der Waals surface area contributed by atoms with E-state index < -0.39 is 12.8 Å². The lowest BCUT2D eigenvalue weighted by Gasteiger charge is -2.23. The number of nitrogens with zero attached hydrogens (tertiary/aromatic N) is 1. The maximum absolute atomic E-state index is 12.1. The molecule has 84 valence electrons. The summed E-state index contributed by atoms with van der Waals surface area (Å²) in [6, 6.07) is 0. The second-order valence-electron chi connectivity index (χ2n) is 4.23. The smallest absolute Gasteiger partial charge is 0.117 e. The number of rotatable bonds is 3. The highest BCUT2D eigenvalue weighted by molar-refractivity contribution is 4.66. The summed E-state index contributed by atoms with van der Waals surface area (Å²) in [6.45, 7) is 1.95. The first-order chi connectivity index (χ1) is 6.83. The molecule has 1 saturated heterocycles. The predicted octanol–water partition coefficient (Wildman–Crippen LogP) is 1.97. The largest absolute Gasteiger partial charge is 0.389 e. The van der Waals surface area contributed by atoms with Gasteiger partial charge in [0.1, 0.15) is 6.67 Å². The molecule has 0 aromatic rings. The minimum Gasteiger partial charge on any atom is -0.389 e. The fourth-order valence-electron chi connectivity index (χ4n) is 2.02. The van der Waals surface area contributed by atoms with Crippen LogP contribution in [0.25, 0.3) is 0 Å². The van der Waals surface area contributed by atoms with Crippen molar-refractivity contribution in [3.63, 3.8) is 0 Å². The van der Waals surface area contributed by atoms with Crippen molar-refractivity contribution >= 4 is 0 Å². The van der Waals surface area contributed by atoms with E-state index in [1.807, 2.05) is 0 Å². The van der Waals surface area contributed by atoms with Crippen molar-refractivity contribution < 1.29 is 9.50 Å². The van der Waals surface area contributed by atoms with E-state index in [4.69, 9.17) is 0 Å². The maximum Gasteiger partial charge on any atom is 0.117 e. The predicted molar refractivity (Wildman–Crippen MR) is 56.1 cm³/mol. The van der Waals surface area contributed by atoms with Gasteiger partial charge in [0.2, 0.25) is 0 Å². The summed E-state index contributed by atoms with van der Waals surface area (Å²) in [6.07, 6.45) is 6.83. The van der Waals surface area contributed by atoms with Crippen LogP contribution in [-0.4, -0.2) is 42.4 Å². The van der Waals surface area contributed by atoms with Gasteiger partial charge in [0.25, 0.3) is 0 Å². The summed E-state index contributed by atoms with van der Waals surface area (Å²) in [5.74, 6) is 0. The van der Waals surface area contributed by atoms with E-state index in [9.17, 15) is 9.50 Å². The van der Waals surface area contributed by atoms with E-state index in [0.29, 0.717) is 6.54 Å². The van der Waals surface area contributed by atoms with E-state index in [0.717, 1.165) is 13.1 Å². The van der Waals surface area contributed by atoms with Crippen molar-refractivity contribution in [2.45, 2.75) is 44.6 Å². The van der Waals surface area contributed by atoms with E-state index >= 15 is 0 Å². The normalized spacial score (nSPS) is 23.6. The number of aliphatic hydroxyl groups is 1. The highest BCUT2D eigenvalue weighted by atomic mass is 19.1. The molecule has 0 aliphatic carbocycles. The van der Waals surface area contributed by atoms with Crippen molar-refractivity contribution in [3.8, 4) is 0 Å². The fraction of sp³-hybridized carbons (Fsp3) is 1.00. The van der Waals surface area contributed by atoms with Crippen LogP contribution in [0.15, 0.2) is 0 Å². The van der Waals surface area contributed by atoms with Gasteiger partial charge in [-0.15, -0.1) is 0 Å². The molecule has 1 fully saturated rings. The van der Waals surface area contributed by atoms with Crippen LogP contribution in [0.5, 0.6) is 0 Å². The Bertz CT molecular complexity index is 133. The van der Waals surface area contributed by atoms with Crippen LogP contribution < -0.4 is 0 Å². The van der Waals surface area contributed by atoms with Crippen molar-refractivity contribution in [2.24, 2.45) is 0 Å². The van der Waals surface area contributed by atoms with Crippen LogP contribution >= 0.6 is 0 Å². The molecule has 0 amide bonds. The lowest BCUT2D eigenvalue weighted by atomic mass is 10.1. The van der Waals surface area contributed by atoms with Gasteiger partial charge in [-0.05, 0) is 25.9 Å². The number of hydrogen-bond acceptors (Lipinski definition) is 2. The molecule has 1 unspecified atom stereocenters. The molecular formula is C11H22FNO. The summed E-state index contributed by atoms with van der Waals surface area (Å²) >= 11 is 0. The minimum absolute atomic E-state index is 0.510. The quantitative estimate of drug-likeness (QED) is 0.758. The summed E-state index contributed by atoms with van der Waals surface area (Å²) in [5, 5.41) is 9.23. The Hall–Kier alpha value is -0.150. The maximum atomic E-state index is 12.1. The minimum atomic E-state index is -0.782. The third kappa shape index (κ3) is 4.91. The topological polar surface area (TPSA) is 23.5 Å². The summed E-state index contributed by atoms with van der Waals surface area (Å²) in [4.78, 5) is 2.20. The zero-order valence-corrected chi connectivity index (χ0v) is 8.92. The average molecular weight is 203 g/mol. The molecule has 0 spiro atoms. The monoisotopic (exact) mass is 203 g/mol. The van der Waals surface area contributed by atoms with Gasteiger partial charge >= 0.3 is 0 Å². The zero-order chi connectivity index (χ0) is 10.2. The van der Waals surface area contributed by atoms with E-state index in [-0.39, 0.29) is 0 Å². The Labute approximate surface area is 86.1 Å². The molecule has 0 saturated carbocycles. The zero-order valence-electron chi connectivity index (χ0n) is 8.92. The Morgan fingerprint density at radius 3 is 2.00 bits per heavy atom. The van der Waals surface area contributed by atoms with Crippen LogP contribution in [0.3, 0.4) is 0 Å². The molecule has 1 rings (SSSR count). The van der Waals surface area contributed by atoms with Gasteiger partial charge in [-0.25, -0.2) is 4.39 Å². The summed E-state index contributed by atoms with van der Waals surface area (Å²) < 4.78 is 12.1. The Kier molecular flexibility index (Phi) is 6.12. The summed E-state index contributed by atoms with van der Waals surface area (Å²) in [5.41, 5.74) is 0. The molecule has 1 aliphatic rings. The number of halogens is 1. The van der Waals surface area contributed by atoms with E-state index in [1.54, 1.807) is 0 Å². The Morgan fingerprint density at radius 1 is 1.00 bits per heavy atom. The van der Waals surface area contributed by atoms with Gasteiger partial charge < -0.3 is 10.0 Å². The Balaban J connectivity index is 2.25. The van der Waals surface area contributed by atoms with Gasteiger partial charge in [0.15, 0.2) is 0 Å². The lowest BCUT2D eigenvalue weighted by molar-refractivity contribution is 0.0887. The third-order valence-corrected chi connectivity index (χ3v) is 2.85. The van der Waals surface area contributed by atoms with Crippen LogP contribution in [0.2, 0.25) is 0 Å². The average Bonchev–Trinajstić information content (AvgIpc) is 2.31. The van der Waals surface area contributed by atoms with Crippen LogP contribution in [-0.2, 0) is 0 Å². The highest BCUT2D eigenvalue weighted by Crippen LogP contribution is 2.11. The molecule has 0 aromatic heterocycles. The molecule has 1 aliphatic heterocycles. The molecule has 0 bridgehead atoms. The Morgan fingerprint density at radius 2 is 1.50 bits per heavy atom. The molecule has 0 radical (unpaired) electrons. The third-order valence-electron chi connectivity index (χ3n) is 2.85. The molecule has 1 N–H and O–H groups in total. The molecule has 0 aromatic carbocycles. The number of hydrogen-bond donors (Lipinski definition) is 1. The van der Waals surface area contributed by atoms with Crippen molar-refractivity contribution in [1.82, 2.24) is 4.90 Å². The number of β-amino-alcohol motifs (C(OH)–C–C–N with tert-alkyl or cyclic N) is 1. The van der Waals surface area contributed by atoms with Crippen LogP contribution in [0.4, 0.5) is 4.39 Å². The number of alkyl halides is 1. The standard InChI is InChI=1S/C11H22FNO/c12-9-11(14)10-13-7-5-3-1-2-4-6-8-13/h11,14H,1-10H2.